The SMILES string of the molecule is O=C(O)C(F)(F)F.O=C(c1ccsc1)N1CCO[C@@H]2CN(c3ncc(F)cn3)C[C@@H]2C1. The Morgan fingerprint density at radius 1 is 1.19 bits per heavy atom. The molecule has 4 rings (SSSR count). The molecule has 2 atom stereocenters. The highest BCUT2D eigenvalue weighted by Crippen LogP contribution is 2.27. The number of anilines is 1. The molecule has 13 heteroatoms. The van der Waals surface area contributed by atoms with Gasteiger partial charge in [0.2, 0.25) is 5.95 Å². The summed E-state index contributed by atoms with van der Waals surface area (Å²) in [5.41, 5.74) is 0.732. The maximum atomic E-state index is 13.0. The van der Waals surface area contributed by atoms with Crippen molar-refractivity contribution in [2.75, 3.05) is 37.7 Å². The molecule has 0 bridgehead atoms. The number of ether oxygens (including phenoxy) is 1. The van der Waals surface area contributed by atoms with Gasteiger partial charge < -0.3 is 19.6 Å². The molecule has 2 aliphatic rings. The standard InChI is InChI=1S/C16H17FN4O2S.C2HF3O2/c17-13-5-18-16(19-6-13)21-8-12-7-20(2-3-23-14(12)9-21)15(22)11-1-4-24-10-11;3-2(4,5)1(6)7/h1,4-6,10,12,14H,2-3,7-9H2;(H,6,7)/t12-,14+;/m0./s1. The number of hydrogen-bond donors (Lipinski definition) is 1. The van der Waals surface area contributed by atoms with Crippen LogP contribution in [0.1, 0.15) is 10.4 Å². The van der Waals surface area contributed by atoms with Crippen molar-refractivity contribution in [1.82, 2.24) is 14.9 Å². The predicted octanol–water partition coefficient (Wildman–Crippen LogP) is 2.29. The average molecular weight is 462 g/mol. The lowest BCUT2D eigenvalue weighted by molar-refractivity contribution is -0.192. The van der Waals surface area contributed by atoms with Crippen molar-refractivity contribution in [3.8, 4) is 0 Å². The molecule has 2 aliphatic heterocycles. The topological polar surface area (TPSA) is 95.9 Å². The summed E-state index contributed by atoms with van der Waals surface area (Å²) < 4.78 is 50.7. The van der Waals surface area contributed by atoms with Crippen LogP contribution in [0.2, 0.25) is 0 Å². The fraction of sp³-hybridized carbons (Fsp3) is 0.444. The minimum absolute atomic E-state index is 0.0407. The monoisotopic (exact) mass is 462 g/mol. The Bertz CT molecular complexity index is 895. The van der Waals surface area contributed by atoms with Crippen LogP contribution in [0, 0.1) is 11.7 Å². The van der Waals surface area contributed by atoms with Gasteiger partial charge in [0.05, 0.1) is 30.7 Å². The molecule has 1 N–H and O–H groups in total. The second kappa shape index (κ2) is 9.56. The minimum Gasteiger partial charge on any atom is -0.475 e. The van der Waals surface area contributed by atoms with E-state index in [1.807, 2.05) is 26.6 Å². The van der Waals surface area contributed by atoms with Gasteiger partial charge in [-0.2, -0.15) is 24.5 Å². The Morgan fingerprint density at radius 3 is 2.45 bits per heavy atom. The van der Waals surface area contributed by atoms with Crippen LogP contribution in [-0.2, 0) is 9.53 Å². The van der Waals surface area contributed by atoms with Gasteiger partial charge in [0.25, 0.3) is 5.91 Å². The first-order valence-corrected chi connectivity index (χ1v) is 10.0. The van der Waals surface area contributed by atoms with Gasteiger partial charge in [-0.3, -0.25) is 4.79 Å². The molecule has 1 amide bonds. The van der Waals surface area contributed by atoms with Crippen LogP contribution >= 0.6 is 11.3 Å². The van der Waals surface area contributed by atoms with E-state index >= 15 is 0 Å². The molecule has 168 valence electrons. The van der Waals surface area contributed by atoms with Crippen molar-refractivity contribution in [2.45, 2.75) is 12.3 Å². The summed E-state index contributed by atoms with van der Waals surface area (Å²) in [6, 6.07) is 1.85. The Labute approximate surface area is 178 Å². The molecule has 31 heavy (non-hydrogen) atoms. The summed E-state index contributed by atoms with van der Waals surface area (Å²) in [6.45, 7) is 3.14. The van der Waals surface area contributed by atoms with Crippen molar-refractivity contribution in [2.24, 2.45) is 5.92 Å². The zero-order valence-corrected chi connectivity index (χ0v) is 16.8. The van der Waals surface area contributed by atoms with E-state index in [4.69, 9.17) is 14.6 Å². The quantitative estimate of drug-likeness (QED) is 0.685. The number of nitrogens with zero attached hydrogens (tertiary/aromatic N) is 4. The molecule has 0 radical (unpaired) electrons. The number of thiophene rings is 1. The number of carboxylic acids is 1. The van der Waals surface area contributed by atoms with Gasteiger partial charge in [0.15, 0.2) is 5.82 Å². The number of carboxylic acid groups (broad SMARTS) is 1. The van der Waals surface area contributed by atoms with Gasteiger partial charge in [0.1, 0.15) is 0 Å². The summed E-state index contributed by atoms with van der Waals surface area (Å²) >= 11 is 1.52. The number of aliphatic carboxylic acids is 1. The lowest BCUT2D eigenvalue weighted by Crippen LogP contribution is -2.37. The van der Waals surface area contributed by atoms with Gasteiger partial charge in [0, 0.05) is 37.5 Å². The first-order chi connectivity index (χ1) is 14.6. The lowest BCUT2D eigenvalue weighted by atomic mass is 10.1. The molecule has 0 aromatic carbocycles. The number of fused-ring (bicyclic) bond motifs is 1. The molecule has 0 spiro atoms. The highest BCUT2D eigenvalue weighted by atomic mass is 32.1. The van der Waals surface area contributed by atoms with Crippen LogP contribution < -0.4 is 4.90 Å². The summed E-state index contributed by atoms with van der Waals surface area (Å²) in [5, 5.41) is 10.9. The number of hydrogen-bond acceptors (Lipinski definition) is 7. The molecule has 2 aromatic heterocycles. The Hall–Kier alpha value is -2.80. The number of amides is 1. The van der Waals surface area contributed by atoms with Crippen LogP contribution in [-0.4, -0.2) is 76.9 Å². The molecular formula is C18H18F4N4O4S. The highest BCUT2D eigenvalue weighted by Gasteiger charge is 2.39. The normalized spacial score (nSPS) is 21.0. The Balaban J connectivity index is 0.000000339. The second-order valence-electron chi connectivity index (χ2n) is 6.84. The van der Waals surface area contributed by atoms with E-state index in [-0.39, 0.29) is 17.9 Å². The molecule has 2 aromatic rings. The highest BCUT2D eigenvalue weighted by molar-refractivity contribution is 7.08. The number of aromatic nitrogens is 2. The zero-order valence-electron chi connectivity index (χ0n) is 16.0. The minimum atomic E-state index is -5.08. The van der Waals surface area contributed by atoms with E-state index in [2.05, 4.69) is 9.97 Å². The molecule has 4 heterocycles. The third kappa shape index (κ3) is 5.88. The van der Waals surface area contributed by atoms with Crippen LogP contribution in [0.25, 0.3) is 0 Å². The molecule has 0 aliphatic carbocycles. The van der Waals surface area contributed by atoms with Gasteiger partial charge in [-0.15, -0.1) is 0 Å². The number of carbonyl (C=O) groups is 2. The number of alkyl halides is 3. The molecule has 8 nitrogen and oxygen atoms in total. The van der Waals surface area contributed by atoms with E-state index in [0.29, 0.717) is 38.7 Å². The second-order valence-corrected chi connectivity index (χ2v) is 7.62. The van der Waals surface area contributed by atoms with Gasteiger partial charge in [-0.05, 0) is 11.4 Å². The molecule has 2 saturated heterocycles. The molecule has 2 fully saturated rings. The third-order valence-electron chi connectivity index (χ3n) is 4.72. The summed E-state index contributed by atoms with van der Waals surface area (Å²) in [4.78, 5) is 33.4. The van der Waals surface area contributed by atoms with Crippen molar-refractivity contribution in [1.29, 1.82) is 0 Å². The fourth-order valence-corrected chi connectivity index (χ4v) is 3.91. The van der Waals surface area contributed by atoms with E-state index in [0.717, 1.165) is 5.56 Å². The molecular weight excluding hydrogens is 444 g/mol. The van der Waals surface area contributed by atoms with Crippen LogP contribution in [0.15, 0.2) is 29.2 Å². The Morgan fingerprint density at radius 2 is 1.87 bits per heavy atom. The first kappa shape index (κ1) is 22.9. The van der Waals surface area contributed by atoms with Gasteiger partial charge in [-0.25, -0.2) is 19.2 Å². The summed E-state index contributed by atoms with van der Waals surface area (Å²) in [7, 11) is 0. The van der Waals surface area contributed by atoms with Crippen molar-refractivity contribution >= 4 is 29.2 Å². The maximum Gasteiger partial charge on any atom is 0.490 e. The zero-order chi connectivity index (χ0) is 22.6. The summed E-state index contributed by atoms with van der Waals surface area (Å²) in [6.07, 6.45) is -2.70. The van der Waals surface area contributed by atoms with Crippen LogP contribution in [0.3, 0.4) is 0 Å². The summed E-state index contributed by atoms with van der Waals surface area (Å²) in [5.74, 6) is -2.45. The maximum absolute atomic E-state index is 13.0. The number of rotatable bonds is 2. The van der Waals surface area contributed by atoms with Gasteiger partial charge >= 0.3 is 12.1 Å². The largest absolute Gasteiger partial charge is 0.490 e. The van der Waals surface area contributed by atoms with Crippen molar-refractivity contribution < 1.29 is 37.0 Å². The lowest BCUT2D eigenvalue weighted by Gasteiger charge is -2.23. The number of carbonyl (C=O) groups excluding carboxylic acids is 1. The Kier molecular flexibility index (Phi) is 7.05. The average Bonchev–Trinajstić information content (AvgIpc) is 3.34. The van der Waals surface area contributed by atoms with Crippen molar-refractivity contribution in [3.63, 3.8) is 0 Å². The van der Waals surface area contributed by atoms with E-state index in [1.54, 1.807) is 0 Å². The van der Waals surface area contributed by atoms with Gasteiger partial charge in [-0.1, -0.05) is 0 Å². The fourth-order valence-electron chi connectivity index (χ4n) is 3.28. The smallest absolute Gasteiger partial charge is 0.475 e. The first-order valence-electron chi connectivity index (χ1n) is 9.11. The number of halogens is 4. The van der Waals surface area contributed by atoms with E-state index in [9.17, 15) is 22.4 Å². The van der Waals surface area contributed by atoms with E-state index in [1.165, 1.54) is 23.7 Å². The molecule has 0 saturated carbocycles. The van der Waals surface area contributed by atoms with Crippen molar-refractivity contribution in [3.05, 3.63) is 40.6 Å². The predicted molar refractivity (Wildman–Crippen MR) is 101 cm³/mol. The van der Waals surface area contributed by atoms with E-state index < -0.39 is 18.0 Å². The third-order valence-corrected chi connectivity index (χ3v) is 5.40. The van der Waals surface area contributed by atoms with Crippen LogP contribution in [0.5, 0.6) is 0 Å². The molecule has 0 unspecified atom stereocenters. The van der Waals surface area contributed by atoms with Crippen LogP contribution in [0.4, 0.5) is 23.5 Å².